The molecule has 0 aliphatic carbocycles. The van der Waals surface area contributed by atoms with Crippen molar-refractivity contribution in [1.82, 2.24) is 0 Å². The lowest BCUT2D eigenvalue weighted by molar-refractivity contribution is 0.102. The van der Waals surface area contributed by atoms with E-state index in [-0.39, 0.29) is 10.6 Å². The second-order valence-electron chi connectivity index (χ2n) is 5.72. The van der Waals surface area contributed by atoms with Gasteiger partial charge in [0.1, 0.15) is 5.82 Å². The van der Waals surface area contributed by atoms with Crippen LogP contribution in [0.2, 0.25) is 5.02 Å². The van der Waals surface area contributed by atoms with E-state index in [2.05, 4.69) is 32.6 Å². The summed E-state index contributed by atoms with van der Waals surface area (Å²) in [4.78, 5) is 11.9. The lowest BCUT2D eigenvalue weighted by Crippen LogP contribution is -2.15. The highest BCUT2D eigenvalue weighted by Gasteiger charge is 2.18. The monoisotopic (exact) mass is 530 g/mol. The Morgan fingerprint density at radius 1 is 0.964 bits per heavy atom. The number of carbonyl (C=O) groups excluding carboxylic acids is 1. The molecule has 28 heavy (non-hydrogen) atoms. The van der Waals surface area contributed by atoms with Crippen molar-refractivity contribution in [1.29, 1.82) is 0 Å². The summed E-state index contributed by atoms with van der Waals surface area (Å²) in [5.74, 6) is -1.41. The molecule has 0 saturated heterocycles. The van der Waals surface area contributed by atoms with Gasteiger partial charge in [0.2, 0.25) is 0 Å². The van der Waals surface area contributed by atoms with Crippen LogP contribution in [-0.2, 0) is 10.0 Å². The third-order valence-electron chi connectivity index (χ3n) is 3.70. The van der Waals surface area contributed by atoms with Crippen LogP contribution in [-0.4, -0.2) is 14.3 Å². The molecule has 0 fully saturated rings. The molecule has 0 bridgehead atoms. The average Bonchev–Trinajstić information content (AvgIpc) is 2.65. The first-order valence-electron chi connectivity index (χ1n) is 7.89. The number of rotatable bonds is 5. The Morgan fingerprint density at radius 2 is 1.61 bits per heavy atom. The molecular formula is C19H13ClFIN2O3S. The quantitative estimate of drug-likeness (QED) is 0.449. The number of hydrogen-bond acceptors (Lipinski definition) is 3. The van der Waals surface area contributed by atoms with E-state index in [4.69, 9.17) is 11.6 Å². The molecule has 9 heteroatoms. The van der Waals surface area contributed by atoms with Crippen molar-refractivity contribution in [3.05, 3.63) is 86.7 Å². The molecule has 144 valence electrons. The Bertz CT molecular complexity index is 1120. The number of sulfonamides is 1. The van der Waals surface area contributed by atoms with Crippen LogP contribution >= 0.6 is 34.2 Å². The highest BCUT2D eigenvalue weighted by Crippen LogP contribution is 2.22. The van der Waals surface area contributed by atoms with Crippen LogP contribution in [0.15, 0.2) is 71.6 Å². The zero-order valence-electron chi connectivity index (χ0n) is 14.1. The van der Waals surface area contributed by atoms with Gasteiger partial charge in [-0.3, -0.25) is 9.52 Å². The summed E-state index contributed by atoms with van der Waals surface area (Å²) in [6.45, 7) is 0. The Morgan fingerprint density at radius 3 is 2.21 bits per heavy atom. The number of halogens is 3. The minimum atomic E-state index is -3.97. The Balaban J connectivity index is 1.78. The van der Waals surface area contributed by atoms with Crippen LogP contribution in [0, 0.1) is 9.39 Å². The van der Waals surface area contributed by atoms with Crippen LogP contribution in [0.25, 0.3) is 0 Å². The number of nitrogens with one attached hydrogen (secondary N) is 2. The van der Waals surface area contributed by atoms with Crippen molar-refractivity contribution in [2.75, 3.05) is 10.0 Å². The molecule has 3 rings (SSSR count). The third kappa shape index (κ3) is 5.00. The van der Waals surface area contributed by atoms with Gasteiger partial charge >= 0.3 is 0 Å². The van der Waals surface area contributed by atoms with Gasteiger partial charge in [0.15, 0.2) is 0 Å². The minimum Gasteiger partial charge on any atom is -0.319 e. The fraction of sp³-hybridized carbons (Fsp3) is 0. The number of anilines is 2. The van der Waals surface area contributed by atoms with Gasteiger partial charge in [0.05, 0.1) is 10.6 Å². The molecule has 0 spiro atoms. The van der Waals surface area contributed by atoms with Gasteiger partial charge in [0.25, 0.3) is 15.9 Å². The molecule has 0 aliphatic heterocycles. The second kappa shape index (κ2) is 8.46. The fourth-order valence-electron chi connectivity index (χ4n) is 2.29. The average molecular weight is 531 g/mol. The smallest absolute Gasteiger partial charge is 0.261 e. The van der Waals surface area contributed by atoms with Crippen molar-refractivity contribution >= 4 is 61.5 Å². The van der Waals surface area contributed by atoms with E-state index >= 15 is 0 Å². The van der Waals surface area contributed by atoms with Gasteiger partial charge in [-0.15, -0.1) is 0 Å². The molecule has 0 aromatic heterocycles. The maximum atomic E-state index is 14.4. The number of benzene rings is 3. The van der Waals surface area contributed by atoms with Gasteiger partial charge in [0, 0.05) is 19.8 Å². The highest BCUT2D eigenvalue weighted by molar-refractivity contribution is 14.1. The molecule has 3 aromatic carbocycles. The van der Waals surface area contributed by atoms with Crippen molar-refractivity contribution in [3.8, 4) is 0 Å². The summed E-state index contributed by atoms with van der Waals surface area (Å²) < 4.78 is 42.6. The summed E-state index contributed by atoms with van der Waals surface area (Å²) in [5, 5.41) is 2.88. The second-order valence-corrected chi connectivity index (χ2v) is 9.08. The SMILES string of the molecule is O=C(Nc1ccc(S(=O)(=O)Nc2ccc(I)cc2)cc1F)c1ccc(Cl)cc1. The number of carbonyl (C=O) groups is 1. The molecule has 0 aliphatic rings. The molecule has 0 heterocycles. The summed E-state index contributed by atoms with van der Waals surface area (Å²) in [6.07, 6.45) is 0. The lowest BCUT2D eigenvalue weighted by atomic mass is 10.2. The van der Waals surface area contributed by atoms with Gasteiger partial charge in [-0.25, -0.2) is 12.8 Å². The van der Waals surface area contributed by atoms with Gasteiger partial charge in [-0.1, -0.05) is 11.6 Å². The number of hydrogen-bond donors (Lipinski definition) is 2. The summed E-state index contributed by atoms with van der Waals surface area (Å²) in [6, 6.07) is 16.1. The summed E-state index contributed by atoms with van der Waals surface area (Å²) in [7, 11) is -3.97. The van der Waals surface area contributed by atoms with Crippen LogP contribution in [0.4, 0.5) is 15.8 Å². The van der Waals surface area contributed by atoms with Crippen molar-refractivity contribution in [2.24, 2.45) is 0 Å². The van der Waals surface area contributed by atoms with Gasteiger partial charge in [-0.05, 0) is 89.3 Å². The fourth-order valence-corrected chi connectivity index (χ4v) is 3.85. The molecule has 0 radical (unpaired) electrons. The highest BCUT2D eigenvalue weighted by atomic mass is 127. The predicted molar refractivity (Wildman–Crippen MR) is 116 cm³/mol. The normalized spacial score (nSPS) is 11.1. The van der Waals surface area contributed by atoms with E-state index in [9.17, 15) is 17.6 Å². The first-order valence-corrected chi connectivity index (χ1v) is 10.8. The largest absolute Gasteiger partial charge is 0.319 e. The molecule has 1 amide bonds. The van der Waals surface area contributed by atoms with E-state index in [0.29, 0.717) is 16.3 Å². The maximum Gasteiger partial charge on any atom is 0.261 e. The zero-order chi connectivity index (χ0) is 20.3. The van der Waals surface area contributed by atoms with Gasteiger partial charge in [-0.2, -0.15) is 0 Å². The van der Waals surface area contributed by atoms with Crippen LogP contribution in [0.3, 0.4) is 0 Å². The van der Waals surface area contributed by atoms with Crippen molar-refractivity contribution < 1.29 is 17.6 Å². The van der Waals surface area contributed by atoms with Crippen LogP contribution in [0.5, 0.6) is 0 Å². The van der Waals surface area contributed by atoms with E-state index in [1.165, 1.54) is 24.3 Å². The molecule has 0 unspecified atom stereocenters. The molecule has 0 atom stereocenters. The van der Waals surface area contributed by atoms with Crippen molar-refractivity contribution in [2.45, 2.75) is 4.90 Å². The molecule has 2 N–H and O–H groups in total. The summed E-state index contributed by atoms with van der Waals surface area (Å²) in [5.41, 5.74) is 0.523. The predicted octanol–water partition coefficient (Wildman–Crippen LogP) is 5.14. The standard InChI is InChI=1S/C19H13ClFIN2O3S/c20-13-3-1-12(2-4-13)19(25)23-18-10-9-16(11-17(18)21)28(26,27)24-15-7-5-14(22)6-8-15/h1-11,24H,(H,23,25). The summed E-state index contributed by atoms with van der Waals surface area (Å²) >= 11 is 7.87. The molecule has 3 aromatic rings. The maximum absolute atomic E-state index is 14.4. The molecule has 5 nitrogen and oxygen atoms in total. The topological polar surface area (TPSA) is 75.3 Å². The number of amides is 1. The van der Waals surface area contributed by atoms with E-state index in [1.54, 1.807) is 36.4 Å². The molecule has 0 saturated carbocycles. The van der Waals surface area contributed by atoms with E-state index in [1.807, 2.05) is 0 Å². The van der Waals surface area contributed by atoms with Crippen molar-refractivity contribution in [3.63, 3.8) is 0 Å². The zero-order valence-corrected chi connectivity index (χ0v) is 17.8. The Labute approximate surface area is 180 Å². The van der Waals surface area contributed by atoms with E-state index < -0.39 is 21.7 Å². The van der Waals surface area contributed by atoms with Gasteiger partial charge < -0.3 is 5.32 Å². The first-order chi connectivity index (χ1) is 13.2. The minimum absolute atomic E-state index is 0.131. The first kappa shape index (κ1) is 20.6. The van der Waals surface area contributed by atoms with Crippen LogP contribution < -0.4 is 10.0 Å². The Hall–Kier alpha value is -2.17. The lowest BCUT2D eigenvalue weighted by Gasteiger charge is -2.11. The molecular weight excluding hydrogens is 518 g/mol. The Kier molecular flexibility index (Phi) is 6.21. The van der Waals surface area contributed by atoms with Crippen LogP contribution in [0.1, 0.15) is 10.4 Å². The third-order valence-corrected chi connectivity index (χ3v) is 6.05. The van der Waals surface area contributed by atoms with E-state index in [0.717, 1.165) is 9.64 Å².